The number of nitrogens with zero attached hydrogens (tertiary/aromatic N) is 1. The van der Waals surface area contributed by atoms with E-state index in [1.807, 2.05) is 13.0 Å². The molecule has 3 rings (SSSR count). The molecule has 7 heteroatoms. The van der Waals surface area contributed by atoms with Gasteiger partial charge in [-0.1, -0.05) is 5.16 Å². The van der Waals surface area contributed by atoms with E-state index in [9.17, 15) is 14.0 Å². The van der Waals surface area contributed by atoms with Crippen LogP contribution in [0, 0.1) is 19.7 Å². The summed E-state index contributed by atoms with van der Waals surface area (Å²) in [5.41, 5.74) is 0.897. The first-order chi connectivity index (χ1) is 12.0. The van der Waals surface area contributed by atoms with Gasteiger partial charge in [-0.15, -0.1) is 11.3 Å². The van der Waals surface area contributed by atoms with Crippen LogP contribution in [0.2, 0.25) is 0 Å². The fourth-order valence-electron chi connectivity index (χ4n) is 2.28. The van der Waals surface area contributed by atoms with Gasteiger partial charge in [-0.3, -0.25) is 4.79 Å². The molecule has 0 radical (unpaired) electrons. The van der Waals surface area contributed by atoms with Gasteiger partial charge >= 0.3 is 5.97 Å². The van der Waals surface area contributed by atoms with Gasteiger partial charge in [-0.2, -0.15) is 0 Å². The first-order valence-electron chi connectivity index (χ1n) is 7.44. The van der Waals surface area contributed by atoms with Gasteiger partial charge in [0.1, 0.15) is 22.8 Å². The lowest BCUT2D eigenvalue weighted by Gasteiger charge is -2.04. The van der Waals surface area contributed by atoms with E-state index in [4.69, 9.17) is 9.26 Å². The Balaban J connectivity index is 1.77. The molecule has 0 atom stereocenters. The molecule has 0 saturated heterocycles. The largest absolute Gasteiger partial charge is 0.454 e. The van der Waals surface area contributed by atoms with Gasteiger partial charge in [-0.05, 0) is 50.2 Å². The molecule has 25 heavy (non-hydrogen) atoms. The van der Waals surface area contributed by atoms with Gasteiger partial charge in [0, 0.05) is 10.4 Å². The number of carbonyl (C=O) groups is 2. The van der Waals surface area contributed by atoms with Crippen LogP contribution in [0.5, 0.6) is 0 Å². The van der Waals surface area contributed by atoms with Crippen molar-refractivity contribution in [2.75, 3.05) is 6.61 Å². The fraction of sp³-hybridized carbons (Fsp3) is 0.167. The maximum atomic E-state index is 13.1. The number of halogens is 1. The zero-order valence-electron chi connectivity index (χ0n) is 13.5. The molecule has 0 N–H and O–H groups in total. The summed E-state index contributed by atoms with van der Waals surface area (Å²) in [5, 5.41) is 3.84. The standard InChI is InChI=1S/C18H14FNO4S/c1-10-3-8-15(25-10)14(21)9-23-18(22)16-11(2)24-20-17(16)12-4-6-13(19)7-5-12/h3-8H,9H2,1-2H3. The van der Waals surface area contributed by atoms with Gasteiger partial charge in [0.05, 0.1) is 4.88 Å². The van der Waals surface area contributed by atoms with E-state index in [0.29, 0.717) is 10.4 Å². The molecule has 0 aliphatic heterocycles. The predicted octanol–water partition coefficient (Wildman–Crippen LogP) is 4.20. The number of benzene rings is 1. The minimum atomic E-state index is -0.709. The average Bonchev–Trinajstić information content (AvgIpc) is 3.19. The zero-order chi connectivity index (χ0) is 18.0. The predicted molar refractivity (Wildman–Crippen MR) is 90.3 cm³/mol. The summed E-state index contributed by atoms with van der Waals surface area (Å²) in [6.07, 6.45) is 0. The Labute approximate surface area is 147 Å². The Bertz CT molecular complexity index is 927. The number of Topliss-reactive ketones (excluding diaryl/α,β-unsaturated/α-hetero) is 1. The molecular formula is C18H14FNO4S. The smallest absolute Gasteiger partial charge is 0.344 e. The van der Waals surface area contributed by atoms with Crippen LogP contribution in [-0.2, 0) is 4.74 Å². The average molecular weight is 359 g/mol. The summed E-state index contributed by atoms with van der Waals surface area (Å²) in [7, 11) is 0. The maximum absolute atomic E-state index is 13.1. The Hall–Kier alpha value is -2.80. The number of aryl methyl sites for hydroxylation is 2. The topological polar surface area (TPSA) is 69.4 Å². The maximum Gasteiger partial charge on any atom is 0.344 e. The Morgan fingerprint density at radius 2 is 1.88 bits per heavy atom. The van der Waals surface area contributed by atoms with Gasteiger partial charge in [0.15, 0.2) is 6.61 Å². The van der Waals surface area contributed by atoms with Crippen LogP contribution < -0.4 is 0 Å². The van der Waals surface area contributed by atoms with Crippen molar-refractivity contribution < 1.29 is 23.2 Å². The zero-order valence-corrected chi connectivity index (χ0v) is 14.4. The number of carbonyl (C=O) groups excluding carboxylic acids is 2. The van der Waals surface area contributed by atoms with Gasteiger partial charge in [-0.25, -0.2) is 9.18 Å². The van der Waals surface area contributed by atoms with Crippen molar-refractivity contribution in [3.05, 3.63) is 63.3 Å². The van der Waals surface area contributed by atoms with E-state index in [2.05, 4.69) is 5.16 Å². The van der Waals surface area contributed by atoms with E-state index < -0.39 is 11.8 Å². The molecule has 5 nitrogen and oxygen atoms in total. The van der Waals surface area contributed by atoms with Crippen LogP contribution in [0.15, 0.2) is 40.9 Å². The Morgan fingerprint density at radius 1 is 1.16 bits per heavy atom. The quantitative estimate of drug-likeness (QED) is 0.504. The molecule has 0 saturated carbocycles. The van der Waals surface area contributed by atoms with Gasteiger partial charge < -0.3 is 9.26 Å². The number of ether oxygens (including phenoxy) is 1. The number of hydrogen-bond donors (Lipinski definition) is 0. The highest BCUT2D eigenvalue weighted by atomic mass is 32.1. The molecule has 0 amide bonds. The van der Waals surface area contributed by atoms with Crippen molar-refractivity contribution in [1.29, 1.82) is 0 Å². The Morgan fingerprint density at radius 3 is 2.52 bits per heavy atom. The third kappa shape index (κ3) is 3.66. The first kappa shape index (κ1) is 17.0. The summed E-state index contributed by atoms with van der Waals surface area (Å²) < 4.78 is 23.3. The summed E-state index contributed by atoms with van der Waals surface area (Å²) >= 11 is 1.34. The van der Waals surface area contributed by atoms with Crippen molar-refractivity contribution in [2.45, 2.75) is 13.8 Å². The molecule has 3 aromatic rings. The lowest BCUT2D eigenvalue weighted by atomic mass is 10.1. The SMILES string of the molecule is Cc1ccc(C(=O)COC(=O)c2c(-c3ccc(F)cc3)noc2C)s1. The first-order valence-corrected chi connectivity index (χ1v) is 8.26. The summed E-state index contributed by atoms with van der Waals surface area (Å²) in [5.74, 6) is -1.11. The molecular weight excluding hydrogens is 345 g/mol. The summed E-state index contributed by atoms with van der Waals surface area (Å²) in [4.78, 5) is 26.0. The molecule has 0 aliphatic carbocycles. The van der Waals surface area contributed by atoms with E-state index in [-0.39, 0.29) is 29.4 Å². The van der Waals surface area contributed by atoms with Gasteiger partial charge in [0.25, 0.3) is 0 Å². The van der Waals surface area contributed by atoms with Crippen LogP contribution in [0.3, 0.4) is 0 Å². The second-order valence-electron chi connectivity index (χ2n) is 5.38. The molecule has 0 unspecified atom stereocenters. The second kappa shape index (κ2) is 6.98. The van der Waals surface area contributed by atoms with Crippen molar-refractivity contribution in [3.8, 4) is 11.3 Å². The van der Waals surface area contributed by atoms with Crippen LogP contribution in [0.25, 0.3) is 11.3 Å². The number of esters is 1. The van der Waals surface area contributed by atoms with Crippen molar-refractivity contribution >= 4 is 23.1 Å². The number of hydrogen-bond acceptors (Lipinski definition) is 6. The fourth-order valence-corrected chi connectivity index (χ4v) is 3.07. The Kier molecular flexibility index (Phi) is 4.76. The van der Waals surface area contributed by atoms with Crippen LogP contribution in [-0.4, -0.2) is 23.5 Å². The summed E-state index contributed by atoms with van der Waals surface area (Å²) in [6.45, 7) is 3.09. The molecule has 1 aromatic carbocycles. The lowest BCUT2D eigenvalue weighted by Crippen LogP contribution is -2.14. The third-order valence-corrected chi connectivity index (χ3v) is 4.58. The molecule has 0 bridgehead atoms. The van der Waals surface area contributed by atoms with Crippen LogP contribution >= 0.6 is 11.3 Å². The third-order valence-electron chi connectivity index (χ3n) is 3.53. The van der Waals surface area contributed by atoms with Crippen LogP contribution in [0.1, 0.15) is 30.7 Å². The van der Waals surface area contributed by atoms with E-state index >= 15 is 0 Å². The monoisotopic (exact) mass is 359 g/mol. The lowest BCUT2D eigenvalue weighted by molar-refractivity contribution is 0.0474. The highest BCUT2D eigenvalue weighted by Gasteiger charge is 2.24. The minimum absolute atomic E-state index is 0.127. The molecule has 128 valence electrons. The summed E-state index contributed by atoms with van der Waals surface area (Å²) in [6, 6.07) is 9.03. The van der Waals surface area contributed by atoms with Crippen LogP contribution in [0.4, 0.5) is 4.39 Å². The van der Waals surface area contributed by atoms with Crippen molar-refractivity contribution in [1.82, 2.24) is 5.16 Å². The highest BCUT2D eigenvalue weighted by molar-refractivity contribution is 7.14. The molecule has 0 spiro atoms. The minimum Gasteiger partial charge on any atom is -0.454 e. The van der Waals surface area contributed by atoms with E-state index in [0.717, 1.165) is 4.88 Å². The molecule has 0 aliphatic rings. The molecule has 2 aromatic heterocycles. The van der Waals surface area contributed by atoms with E-state index in [1.54, 1.807) is 13.0 Å². The highest BCUT2D eigenvalue weighted by Crippen LogP contribution is 2.26. The normalized spacial score (nSPS) is 10.7. The van der Waals surface area contributed by atoms with E-state index in [1.165, 1.54) is 35.6 Å². The number of aromatic nitrogens is 1. The molecule has 0 fully saturated rings. The number of ketones is 1. The second-order valence-corrected chi connectivity index (χ2v) is 6.67. The van der Waals surface area contributed by atoms with Gasteiger partial charge in [0.2, 0.25) is 5.78 Å². The number of rotatable bonds is 5. The van der Waals surface area contributed by atoms with Crippen molar-refractivity contribution in [3.63, 3.8) is 0 Å². The molecule has 2 heterocycles. The number of thiophene rings is 1. The van der Waals surface area contributed by atoms with Crippen molar-refractivity contribution in [2.24, 2.45) is 0 Å².